The zero-order valence-corrected chi connectivity index (χ0v) is 16.3. The third kappa shape index (κ3) is 5.37. The number of furan rings is 1. The van der Waals surface area contributed by atoms with Crippen molar-refractivity contribution >= 4 is 21.9 Å². The SMILES string of the molecule is CCNCCCOc1ccc2c(c1)oc1ccc(OCCCNCC)cc12. The van der Waals surface area contributed by atoms with E-state index >= 15 is 0 Å². The lowest BCUT2D eigenvalue weighted by Gasteiger charge is -2.06. The molecule has 146 valence electrons. The molecule has 0 radical (unpaired) electrons. The number of rotatable bonds is 12. The lowest BCUT2D eigenvalue weighted by molar-refractivity contribution is 0.308. The smallest absolute Gasteiger partial charge is 0.139 e. The fourth-order valence-electron chi connectivity index (χ4n) is 3.04. The minimum atomic E-state index is 0.698. The van der Waals surface area contributed by atoms with E-state index in [1.807, 2.05) is 24.3 Å². The van der Waals surface area contributed by atoms with Crippen molar-refractivity contribution < 1.29 is 13.9 Å². The molecule has 0 saturated heterocycles. The number of benzene rings is 2. The van der Waals surface area contributed by atoms with E-state index in [0.29, 0.717) is 13.2 Å². The Labute approximate surface area is 161 Å². The summed E-state index contributed by atoms with van der Waals surface area (Å²) in [5.41, 5.74) is 1.72. The molecule has 5 nitrogen and oxygen atoms in total. The van der Waals surface area contributed by atoms with Gasteiger partial charge < -0.3 is 24.5 Å². The van der Waals surface area contributed by atoms with E-state index in [9.17, 15) is 0 Å². The topological polar surface area (TPSA) is 55.7 Å². The molecule has 3 rings (SSSR count). The van der Waals surface area contributed by atoms with Gasteiger partial charge in [0.2, 0.25) is 0 Å². The largest absolute Gasteiger partial charge is 0.494 e. The van der Waals surface area contributed by atoms with Crippen molar-refractivity contribution in [2.24, 2.45) is 0 Å². The Hall–Kier alpha value is -2.24. The van der Waals surface area contributed by atoms with Crippen molar-refractivity contribution in [1.82, 2.24) is 10.6 Å². The van der Waals surface area contributed by atoms with Crippen LogP contribution in [0.3, 0.4) is 0 Å². The fourth-order valence-corrected chi connectivity index (χ4v) is 3.04. The molecule has 2 aromatic carbocycles. The van der Waals surface area contributed by atoms with Crippen molar-refractivity contribution in [1.29, 1.82) is 0 Å². The predicted molar refractivity (Wildman–Crippen MR) is 111 cm³/mol. The second-order valence-electron chi connectivity index (χ2n) is 6.53. The van der Waals surface area contributed by atoms with Gasteiger partial charge in [0.1, 0.15) is 22.7 Å². The number of ether oxygens (including phenoxy) is 2. The van der Waals surface area contributed by atoms with Gasteiger partial charge in [-0.15, -0.1) is 0 Å². The van der Waals surface area contributed by atoms with Crippen molar-refractivity contribution in [3.63, 3.8) is 0 Å². The average molecular weight is 370 g/mol. The lowest BCUT2D eigenvalue weighted by Crippen LogP contribution is -2.16. The number of fused-ring (bicyclic) bond motifs is 3. The maximum absolute atomic E-state index is 5.99. The van der Waals surface area contributed by atoms with Gasteiger partial charge in [-0.25, -0.2) is 0 Å². The Kier molecular flexibility index (Phi) is 7.36. The number of nitrogens with one attached hydrogen (secondary N) is 2. The molecule has 0 amide bonds. The normalized spacial score (nSPS) is 11.3. The van der Waals surface area contributed by atoms with Gasteiger partial charge in [-0.05, 0) is 69.4 Å². The van der Waals surface area contributed by atoms with Crippen molar-refractivity contribution in [3.8, 4) is 11.5 Å². The number of hydrogen-bond acceptors (Lipinski definition) is 5. The molecule has 0 atom stereocenters. The molecule has 0 aliphatic rings. The van der Waals surface area contributed by atoms with Crippen LogP contribution in [0, 0.1) is 0 Å². The van der Waals surface area contributed by atoms with Gasteiger partial charge in [-0.3, -0.25) is 0 Å². The molecule has 0 spiro atoms. The van der Waals surface area contributed by atoms with Crippen LogP contribution in [0.25, 0.3) is 21.9 Å². The van der Waals surface area contributed by atoms with Crippen LogP contribution in [0.15, 0.2) is 40.8 Å². The second-order valence-corrected chi connectivity index (χ2v) is 6.53. The Morgan fingerprint density at radius 2 is 1.37 bits per heavy atom. The van der Waals surface area contributed by atoms with Crippen LogP contribution in [0.2, 0.25) is 0 Å². The van der Waals surface area contributed by atoms with Crippen molar-refractivity contribution in [2.45, 2.75) is 26.7 Å². The first-order valence-corrected chi connectivity index (χ1v) is 9.95. The maximum atomic E-state index is 5.99. The molecule has 27 heavy (non-hydrogen) atoms. The monoisotopic (exact) mass is 370 g/mol. The van der Waals surface area contributed by atoms with Gasteiger partial charge in [-0.2, -0.15) is 0 Å². The van der Waals surface area contributed by atoms with Gasteiger partial charge in [0.25, 0.3) is 0 Å². The Morgan fingerprint density at radius 1 is 0.741 bits per heavy atom. The molecule has 0 saturated carbocycles. The Balaban J connectivity index is 1.65. The summed E-state index contributed by atoms with van der Waals surface area (Å²) in [7, 11) is 0. The van der Waals surface area contributed by atoms with Crippen LogP contribution in [0.4, 0.5) is 0 Å². The number of hydrogen-bond donors (Lipinski definition) is 2. The predicted octanol–water partition coefficient (Wildman–Crippen LogP) is 4.34. The highest BCUT2D eigenvalue weighted by molar-refractivity contribution is 6.05. The molecular weight excluding hydrogens is 340 g/mol. The maximum Gasteiger partial charge on any atom is 0.139 e. The molecule has 0 bridgehead atoms. The van der Waals surface area contributed by atoms with Gasteiger partial charge in [0.05, 0.1) is 13.2 Å². The third-order valence-electron chi connectivity index (χ3n) is 4.45. The van der Waals surface area contributed by atoms with E-state index in [1.54, 1.807) is 0 Å². The van der Waals surface area contributed by atoms with E-state index in [2.05, 4.69) is 36.6 Å². The van der Waals surface area contributed by atoms with E-state index < -0.39 is 0 Å². The third-order valence-corrected chi connectivity index (χ3v) is 4.45. The quantitative estimate of drug-likeness (QED) is 0.465. The molecule has 5 heteroatoms. The summed E-state index contributed by atoms with van der Waals surface area (Å²) in [4.78, 5) is 0. The van der Waals surface area contributed by atoms with Crippen molar-refractivity contribution in [3.05, 3.63) is 36.4 Å². The first-order valence-electron chi connectivity index (χ1n) is 9.95. The molecule has 1 aromatic heterocycles. The average Bonchev–Trinajstić information content (AvgIpc) is 3.05. The highest BCUT2D eigenvalue weighted by atomic mass is 16.5. The summed E-state index contributed by atoms with van der Waals surface area (Å²) in [6.45, 7) is 9.56. The van der Waals surface area contributed by atoms with Crippen molar-refractivity contribution in [2.75, 3.05) is 39.4 Å². The summed E-state index contributed by atoms with van der Waals surface area (Å²) in [6, 6.07) is 12.1. The zero-order valence-electron chi connectivity index (χ0n) is 16.3. The van der Waals surface area contributed by atoms with Gasteiger partial charge in [-0.1, -0.05) is 13.8 Å². The summed E-state index contributed by atoms with van der Waals surface area (Å²) >= 11 is 0. The molecule has 3 aromatic rings. The molecule has 1 heterocycles. The summed E-state index contributed by atoms with van der Waals surface area (Å²) in [5, 5.41) is 8.76. The highest BCUT2D eigenvalue weighted by Crippen LogP contribution is 2.33. The molecule has 0 aliphatic heterocycles. The molecular formula is C22H30N2O3. The van der Waals surface area contributed by atoms with E-state index in [1.165, 1.54) is 0 Å². The Morgan fingerprint density at radius 3 is 2.04 bits per heavy atom. The lowest BCUT2D eigenvalue weighted by atomic mass is 10.1. The second kappa shape index (κ2) is 10.2. The highest BCUT2D eigenvalue weighted by Gasteiger charge is 2.09. The summed E-state index contributed by atoms with van der Waals surface area (Å²) in [6.07, 6.45) is 1.98. The van der Waals surface area contributed by atoms with Gasteiger partial charge in [0, 0.05) is 16.8 Å². The molecule has 2 N–H and O–H groups in total. The van der Waals surface area contributed by atoms with E-state index in [-0.39, 0.29) is 0 Å². The minimum absolute atomic E-state index is 0.698. The molecule has 0 unspecified atom stereocenters. The van der Waals surface area contributed by atoms with E-state index in [0.717, 1.165) is 72.5 Å². The molecule has 0 aliphatic carbocycles. The van der Waals surface area contributed by atoms with Crippen LogP contribution in [-0.2, 0) is 0 Å². The zero-order chi connectivity index (χ0) is 18.9. The molecule has 0 fully saturated rings. The van der Waals surface area contributed by atoms with E-state index in [4.69, 9.17) is 13.9 Å². The van der Waals surface area contributed by atoms with Crippen LogP contribution in [0.1, 0.15) is 26.7 Å². The minimum Gasteiger partial charge on any atom is -0.494 e. The summed E-state index contributed by atoms with van der Waals surface area (Å²) < 4.78 is 17.7. The fraction of sp³-hybridized carbons (Fsp3) is 0.455. The standard InChI is InChI=1S/C22H30N2O3/c1-3-23-11-5-13-25-17-8-10-21-20(15-17)19-9-7-18(16-22(19)27-21)26-14-6-12-24-4-2/h7-10,15-16,23-24H,3-6,11-14H2,1-2H3. The first kappa shape index (κ1) is 19.5. The Bertz CT molecular complexity index is 844. The van der Waals surface area contributed by atoms with Crippen LogP contribution in [-0.4, -0.2) is 39.4 Å². The summed E-state index contributed by atoms with van der Waals surface area (Å²) in [5.74, 6) is 1.73. The van der Waals surface area contributed by atoms with Gasteiger partial charge >= 0.3 is 0 Å². The van der Waals surface area contributed by atoms with Crippen LogP contribution < -0.4 is 20.1 Å². The van der Waals surface area contributed by atoms with Crippen LogP contribution in [0.5, 0.6) is 11.5 Å². The van der Waals surface area contributed by atoms with Gasteiger partial charge in [0.15, 0.2) is 0 Å². The van der Waals surface area contributed by atoms with Crippen LogP contribution >= 0.6 is 0 Å². The first-order chi connectivity index (χ1) is 13.3.